The first kappa shape index (κ1) is 40.6. The zero-order valence-electron chi connectivity index (χ0n) is 30.0. The number of unbranched alkanes of at least 4 members (excludes halogenated alkanes) is 7. The Morgan fingerprint density at radius 3 is 1.57 bits per heavy atom. The van der Waals surface area contributed by atoms with Crippen molar-refractivity contribution >= 4 is 33.5 Å². The maximum Gasteiger partial charge on any atom is 0.339 e. The lowest BCUT2D eigenvalue weighted by molar-refractivity contribution is 0.0601. The molecular formula is C40H53N5O6. The molecule has 0 spiro atoms. The quantitative estimate of drug-likeness (QED) is 0.0440. The van der Waals surface area contributed by atoms with Crippen LogP contribution in [0.2, 0.25) is 0 Å². The first-order valence-electron chi connectivity index (χ1n) is 17.9. The fraction of sp³-hybridized carbons (Fsp3) is 0.425. The Labute approximate surface area is 299 Å². The summed E-state index contributed by atoms with van der Waals surface area (Å²) in [6.07, 6.45) is 16.4. The third kappa shape index (κ3) is 13.8. The smallest absolute Gasteiger partial charge is 0.339 e. The number of aromatic nitrogens is 4. The summed E-state index contributed by atoms with van der Waals surface area (Å²) in [6.45, 7) is 2.69. The summed E-state index contributed by atoms with van der Waals surface area (Å²) in [5.41, 5.74) is 11.4. The van der Waals surface area contributed by atoms with Gasteiger partial charge in [-0.15, -0.1) is 0 Å². The normalized spacial score (nSPS) is 10.7. The van der Waals surface area contributed by atoms with Crippen molar-refractivity contribution in [1.29, 1.82) is 0 Å². The summed E-state index contributed by atoms with van der Waals surface area (Å²) in [4.78, 5) is 48.0. The van der Waals surface area contributed by atoms with Crippen molar-refractivity contribution in [1.82, 2.24) is 19.9 Å². The molecule has 0 radical (unpaired) electrons. The van der Waals surface area contributed by atoms with Gasteiger partial charge in [-0.2, -0.15) is 0 Å². The minimum atomic E-state index is -0.403. The number of nitrogens with two attached hydrogens (primary N) is 1. The number of aliphatic hydroxyl groups excluding tert-OH is 2. The SMILES string of the molecule is CCCCCCc1ccc2nc[nH]c(=O)c2c1.COC(=O)c1cc(CCCCCO)ccc1N.O=c1[nH]cnc2ccc(CCCCCO)cc12. The molecule has 0 saturated carbocycles. The number of aliphatic hydroxyl groups is 2. The van der Waals surface area contributed by atoms with Crippen LogP contribution in [0.3, 0.4) is 0 Å². The number of fused-ring (bicyclic) bond motifs is 2. The molecule has 5 rings (SSSR count). The van der Waals surface area contributed by atoms with Crippen molar-refractivity contribution in [3.63, 3.8) is 0 Å². The van der Waals surface area contributed by atoms with Crippen molar-refractivity contribution in [3.05, 3.63) is 110 Å². The van der Waals surface area contributed by atoms with Crippen LogP contribution in [0.1, 0.15) is 98.2 Å². The number of ether oxygens (including phenoxy) is 1. The average molecular weight is 700 g/mol. The summed E-state index contributed by atoms with van der Waals surface area (Å²) in [6, 6.07) is 17.2. The molecule has 274 valence electrons. The first-order chi connectivity index (χ1) is 24.8. The number of esters is 1. The number of aryl methyl sites for hydroxylation is 3. The number of aromatic amines is 2. The van der Waals surface area contributed by atoms with Gasteiger partial charge in [-0.25, -0.2) is 14.8 Å². The number of rotatable bonds is 16. The highest BCUT2D eigenvalue weighted by atomic mass is 16.5. The van der Waals surface area contributed by atoms with Gasteiger partial charge in [0, 0.05) is 18.9 Å². The van der Waals surface area contributed by atoms with E-state index in [4.69, 9.17) is 15.9 Å². The molecule has 0 aliphatic heterocycles. The van der Waals surface area contributed by atoms with Crippen LogP contribution in [0, 0.1) is 0 Å². The number of carbonyl (C=O) groups excluding carboxylic acids is 1. The van der Waals surface area contributed by atoms with Crippen molar-refractivity contribution in [2.24, 2.45) is 0 Å². The Kier molecular flexibility index (Phi) is 18.1. The number of benzene rings is 3. The Balaban J connectivity index is 0.000000207. The van der Waals surface area contributed by atoms with Crippen molar-refractivity contribution < 1.29 is 19.7 Å². The molecule has 6 N–H and O–H groups in total. The van der Waals surface area contributed by atoms with E-state index in [1.165, 1.54) is 51.0 Å². The Morgan fingerprint density at radius 2 is 1.12 bits per heavy atom. The van der Waals surface area contributed by atoms with Crippen molar-refractivity contribution in [2.75, 3.05) is 26.1 Å². The van der Waals surface area contributed by atoms with E-state index < -0.39 is 5.97 Å². The van der Waals surface area contributed by atoms with Crippen LogP contribution in [-0.4, -0.2) is 56.4 Å². The molecule has 2 heterocycles. The molecule has 0 atom stereocenters. The highest BCUT2D eigenvalue weighted by molar-refractivity contribution is 5.95. The molecule has 3 aromatic carbocycles. The van der Waals surface area contributed by atoms with E-state index >= 15 is 0 Å². The van der Waals surface area contributed by atoms with Crippen LogP contribution in [0.25, 0.3) is 21.8 Å². The summed E-state index contributed by atoms with van der Waals surface area (Å²) in [7, 11) is 1.34. The topological polar surface area (TPSA) is 184 Å². The number of nitrogens with zero attached hydrogens (tertiary/aromatic N) is 2. The number of anilines is 1. The van der Waals surface area contributed by atoms with Crippen LogP contribution in [-0.2, 0) is 24.0 Å². The number of nitrogen functional groups attached to an aromatic ring is 1. The number of hydrogen-bond acceptors (Lipinski definition) is 9. The summed E-state index contributed by atoms with van der Waals surface area (Å²) in [5, 5.41) is 18.7. The van der Waals surface area contributed by atoms with Gasteiger partial charge in [-0.3, -0.25) is 9.59 Å². The van der Waals surface area contributed by atoms with Gasteiger partial charge in [-0.1, -0.05) is 57.2 Å². The monoisotopic (exact) mass is 699 g/mol. The van der Waals surface area contributed by atoms with Gasteiger partial charge >= 0.3 is 5.97 Å². The third-order valence-electron chi connectivity index (χ3n) is 8.50. The number of methoxy groups -OCH3 is 1. The lowest BCUT2D eigenvalue weighted by atomic mass is 10.0. The van der Waals surface area contributed by atoms with E-state index in [9.17, 15) is 14.4 Å². The van der Waals surface area contributed by atoms with E-state index in [2.05, 4.69) is 37.7 Å². The summed E-state index contributed by atoms with van der Waals surface area (Å²) >= 11 is 0. The molecular weight excluding hydrogens is 646 g/mol. The van der Waals surface area contributed by atoms with E-state index in [0.29, 0.717) is 22.0 Å². The maximum absolute atomic E-state index is 11.6. The average Bonchev–Trinajstić information content (AvgIpc) is 3.15. The molecule has 0 aliphatic rings. The molecule has 0 fully saturated rings. The van der Waals surface area contributed by atoms with Gasteiger partial charge in [0.2, 0.25) is 0 Å². The lowest BCUT2D eigenvalue weighted by Gasteiger charge is -2.07. The van der Waals surface area contributed by atoms with Crippen LogP contribution >= 0.6 is 0 Å². The molecule has 0 amide bonds. The van der Waals surface area contributed by atoms with Crippen LogP contribution in [0.15, 0.2) is 76.8 Å². The molecule has 0 aliphatic carbocycles. The minimum Gasteiger partial charge on any atom is -0.465 e. The number of nitrogens with one attached hydrogen (secondary N) is 2. The molecule has 0 saturated heterocycles. The number of carbonyl (C=O) groups is 1. The molecule has 0 bridgehead atoms. The molecule has 5 aromatic rings. The molecule has 0 unspecified atom stereocenters. The largest absolute Gasteiger partial charge is 0.465 e. The minimum absolute atomic E-state index is 0.0505. The van der Waals surface area contributed by atoms with Gasteiger partial charge < -0.3 is 30.7 Å². The van der Waals surface area contributed by atoms with Crippen LogP contribution in [0.4, 0.5) is 5.69 Å². The van der Waals surface area contributed by atoms with Gasteiger partial charge in [0.05, 0.1) is 47.1 Å². The second kappa shape index (κ2) is 22.8. The predicted molar refractivity (Wildman–Crippen MR) is 204 cm³/mol. The van der Waals surface area contributed by atoms with Crippen molar-refractivity contribution in [2.45, 2.75) is 90.4 Å². The van der Waals surface area contributed by atoms with Gasteiger partial charge in [0.1, 0.15) is 0 Å². The maximum atomic E-state index is 11.6. The fourth-order valence-electron chi connectivity index (χ4n) is 5.58. The van der Waals surface area contributed by atoms with E-state index in [0.717, 1.165) is 79.9 Å². The number of H-pyrrole nitrogens is 2. The zero-order chi connectivity index (χ0) is 36.8. The standard InChI is InChI=1S/C14H18N2O.C13H16N2O2.C13H19NO3/c1-2-3-4-5-6-11-7-8-13-12(9-11)14(17)16-10-15-13;16-7-3-1-2-4-10-5-6-12-11(8-10)13(17)15-9-14-12;1-17-13(16)11-9-10(6-7-12(11)14)5-3-2-4-8-15/h7-10H,2-6H2,1H3,(H,15,16,17);5-6,8-9,16H,1-4,7H2,(H,14,15,17);6-7,9,15H,2-5,8,14H2,1H3. The Bertz CT molecular complexity index is 1800. The number of hydrogen-bond donors (Lipinski definition) is 5. The van der Waals surface area contributed by atoms with Gasteiger partial charge in [-0.05, 0) is 104 Å². The molecule has 11 nitrogen and oxygen atoms in total. The van der Waals surface area contributed by atoms with Gasteiger partial charge in [0.25, 0.3) is 11.1 Å². The zero-order valence-corrected chi connectivity index (χ0v) is 30.0. The van der Waals surface area contributed by atoms with Crippen LogP contribution in [0.5, 0.6) is 0 Å². The van der Waals surface area contributed by atoms with Crippen LogP contribution < -0.4 is 16.9 Å². The fourth-order valence-corrected chi connectivity index (χ4v) is 5.58. The third-order valence-corrected chi connectivity index (χ3v) is 8.50. The van der Waals surface area contributed by atoms with E-state index in [1.807, 2.05) is 36.4 Å². The van der Waals surface area contributed by atoms with E-state index in [1.54, 1.807) is 12.1 Å². The van der Waals surface area contributed by atoms with Crippen molar-refractivity contribution in [3.8, 4) is 0 Å². The Hall–Kier alpha value is -4.87. The highest BCUT2D eigenvalue weighted by Gasteiger charge is 2.10. The molecule has 11 heteroatoms. The summed E-state index contributed by atoms with van der Waals surface area (Å²) < 4.78 is 4.66. The molecule has 51 heavy (non-hydrogen) atoms. The van der Waals surface area contributed by atoms with Gasteiger partial charge in [0.15, 0.2) is 0 Å². The summed E-state index contributed by atoms with van der Waals surface area (Å²) in [5.74, 6) is -0.403. The second-order valence-electron chi connectivity index (χ2n) is 12.5. The van der Waals surface area contributed by atoms with E-state index in [-0.39, 0.29) is 24.3 Å². The predicted octanol–water partition coefficient (Wildman–Crippen LogP) is 6.43. The highest BCUT2D eigenvalue weighted by Crippen LogP contribution is 2.17. The first-order valence-corrected chi connectivity index (χ1v) is 17.9. The molecule has 2 aromatic heterocycles. The second-order valence-corrected chi connectivity index (χ2v) is 12.5. The lowest BCUT2D eigenvalue weighted by Crippen LogP contribution is -2.06. The Morgan fingerprint density at radius 1 is 0.667 bits per heavy atom.